The van der Waals surface area contributed by atoms with Crippen LogP contribution in [0.1, 0.15) is 26.7 Å². The average Bonchev–Trinajstić information content (AvgIpc) is 2.51. The van der Waals surface area contributed by atoms with E-state index in [-0.39, 0.29) is 10.3 Å². The minimum Gasteiger partial charge on any atom is -0.208 e. The molecule has 1 aromatic heterocycles. The quantitative estimate of drug-likeness (QED) is 0.892. The fourth-order valence-electron chi connectivity index (χ4n) is 1.26. The van der Waals surface area contributed by atoms with Gasteiger partial charge in [0.15, 0.2) is 0 Å². The molecule has 0 amide bonds. The predicted molar refractivity (Wildman–Crippen MR) is 64.0 cm³/mol. The number of nitrogens with one attached hydrogen (secondary N) is 1. The summed E-state index contributed by atoms with van der Waals surface area (Å²) in [5.41, 5.74) is 0. The van der Waals surface area contributed by atoms with Crippen molar-refractivity contribution in [2.24, 2.45) is 0 Å². The molecule has 15 heavy (non-hydrogen) atoms. The molecule has 0 saturated heterocycles. The number of thiophene rings is 1. The Morgan fingerprint density at radius 2 is 2.20 bits per heavy atom. The standard InChI is InChI=1S/C9H14ClNO2S2/c1-3-4-7(2)11-15(12,13)9-6-5-8(10)14-9/h5-7,11H,3-4H2,1-2H3. The first-order valence-corrected chi connectivity index (χ1v) is 7.41. The summed E-state index contributed by atoms with van der Waals surface area (Å²) in [6, 6.07) is 3.07. The van der Waals surface area contributed by atoms with E-state index in [0.717, 1.165) is 24.2 Å². The van der Waals surface area contributed by atoms with Gasteiger partial charge in [0.25, 0.3) is 0 Å². The van der Waals surface area contributed by atoms with Gasteiger partial charge in [-0.2, -0.15) is 0 Å². The van der Waals surface area contributed by atoms with Crippen LogP contribution >= 0.6 is 22.9 Å². The van der Waals surface area contributed by atoms with Crippen molar-refractivity contribution < 1.29 is 8.42 Å². The number of rotatable bonds is 5. The highest BCUT2D eigenvalue weighted by Gasteiger charge is 2.18. The van der Waals surface area contributed by atoms with Crippen molar-refractivity contribution in [2.45, 2.75) is 36.9 Å². The summed E-state index contributed by atoms with van der Waals surface area (Å²) in [5, 5.41) is 0. The van der Waals surface area contributed by atoms with Gasteiger partial charge in [-0.25, -0.2) is 13.1 Å². The molecule has 6 heteroatoms. The molecule has 0 aliphatic carbocycles. The van der Waals surface area contributed by atoms with E-state index in [4.69, 9.17) is 11.6 Å². The lowest BCUT2D eigenvalue weighted by molar-refractivity contribution is 0.545. The summed E-state index contributed by atoms with van der Waals surface area (Å²) in [6.07, 6.45) is 1.78. The Balaban J connectivity index is 2.76. The summed E-state index contributed by atoms with van der Waals surface area (Å²) in [4.78, 5) is 0. The Bertz CT molecular complexity index is 414. The Morgan fingerprint density at radius 1 is 1.53 bits per heavy atom. The van der Waals surface area contributed by atoms with Crippen LogP contribution in [-0.4, -0.2) is 14.5 Å². The molecule has 1 N–H and O–H groups in total. The molecular formula is C9H14ClNO2S2. The van der Waals surface area contributed by atoms with Crippen molar-refractivity contribution in [1.29, 1.82) is 0 Å². The first-order chi connectivity index (χ1) is 6.95. The van der Waals surface area contributed by atoms with Crippen LogP contribution < -0.4 is 4.72 Å². The molecule has 0 aliphatic heterocycles. The van der Waals surface area contributed by atoms with Crippen LogP contribution in [0.25, 0.3) is 0 Å². The van der Waals surface area contributed by atoms with E-state index in [0.29, 0.717) is 4.34 Å². The van der Waals surface area contributed by atoms with Crippen LogP contribution in [0.4, 0.5) is 0 Å². The molecule has 1 rings (SSSR count). The maximum Gasteiger partial charge on any atom is 0.250 e. The molecule has 0 fully saturated rings. The van der Waals surface area contributed by atoms with Gasteiger partial charge in [0.1, 0.15) is 4.21 Å². The van der Waals surface area contributed by atoms with E-state index >= 15 is 0 Å². The van der Waals surface area contributed by atoms with Crippen LogP contribution in [0.3, 0.4) is 0 Å². The molecule has 1 atom stereocenters. The largest absolute Gasteiger partial charge is 0.250 e. The van der Waals surface area contributed by atoms with E-state index in [1.54, 1.807) is 6.07 Å². The van der Waals surface area contributed by atoms with Crippen molar-refractivity contribution in [3.05, 3.63) is 16.5 Å². The van der Waals surface area contributed by atoms with Gasteiger partial charge in [0, 0.05) is 6.04 Å². The second kappa shape index (κ2) is 5.30. The van der Waals surface area contributed by atoms with E-state index in [9.17, 15) is 8.42 Å². The maximum atomic E-state index is 11.8. The van der Waals surface area contributed by atoms with Crippen LogP contribution in [0.5, 0.6) is 0 Å². The Morgan fingerprint density at radius 3 is 2.67 bits per heavy atom. The zero-order chi connectivity index (χ0) is 11.5. The summed E-state index contributed by atoms with van der Waals surface area (Å²) in [7, 11) is -3.38. The van der Waals surface area contributed by atoms with Gasteiger partial charge < -0.3 is 0 Å². The molecule has 0 bridgehead atoms. The van der Waals surface area contributed by atoms with E-state index in [1.807, 2.05) is 13.8 Å². The van der Waals surface area contributed by atoms with Crippen LogP contribution in [0.2, 0.25) is 4.34 Å². The first kappa shape index (κ1) is 13.0. The molecule has 1 heterocycles. The number of hydrogen-bond donors (Lipinski definition) is 1. The zero-order valence-electron chi connectivity index (χ0n) is 8.66. The van der Waals surface area contributed by atoms with Crippen molar-refractivity contribution in [3.63, 3.8) is 0 Å². The smallest absolute Gasteiger partial charge is 0.208 e. The van der Waals surface area contributed by atoms with Crippen LogP contribution in [-0.2, 0) is 10.0 Å². The minimum absolute atomic E-state index is 0.0409. The van der Waals surface area contributed by atoms with Gasteiger partial charge in [-0.3, -0.25) is 0 Å². The number of sulfonamides is 1. The maximum absolute atomic E-state index is 11.8. The minimum atomic E-state index is -3.38. The third kappa shape index (κ3) is 3.75. The average molecular weight is 268 g/mol. The van der Waals surface area contributed by atoms with Gasteiger partial charge >= 0.3 is 0 Å². The van der Waals surface area contributed by atoms with Crippen LogP contribution in [0, 0.1) is 0 Å². The molecule has 0 aromatic carbocycles. The molecule has 3 nitrogen and oxygen atoms in total. The van der Waals surface area contributed by atoms with E-state index in [2.05, 4.69) is 4.72 Å². The molecule has 86 valence electrons. The highest BCUT2D eigenvalue weighted by atomic mass is 35.5. The monoisotopic (exact) mass is 267 g/mol. The fourth-order valence-corrected chi connectivity index (χ4v) is 4.03. The number of halogens is 1. The SMILES string of the molecule is CCCC(C)NS(=O)(=O)c1ccc(Cl)s1. The van der Waals surface area contributed by atoms with Crippen molar-refractivity contribution in [3.8, 4) is 0 Å². The predicted octanol–water partition coefficient (Wildman–Crippen LogP) is 2.87. The van der Waals surface area contributed by atoms with Crippen molar-refractivity contribution in [1.82, 2.24) is 4.72 Å². The van der Waals surface area contributed by atoms with Crippen molar-refractivity contribution in [2.75, 3.05) is 0 Å². The molecule has 0 spiro atoms. The molecule has 0 radical (unpaired) electrons. The third-order valence-corrected chi connectivity index (χ3v) is 5.20. The zero-order valence-corrected chi connectivity index (χ0v) is 11.0. The Labute approximate surface area is 99.5 Å². The van der Waals surface area contributed by atoms with Gasteiger partial charge in [-0.15, -0.1) is 11.3 Å². The Hall–Kier alpha value is -0.100. The van der Waals surface area contributed by atoms with Gasteiger partial charge in [0.2, 0.25) is 10.0 Å². The summed E-state index contributed by atoms with van der Waals surface area (Å²) >= 11 is 6.76. The summed E-state index contributed by atoms with van der Waals surface area (Å²) in [5.74, 6) is 0. The van der Waals surface area contributed by atoms with Gasteiger partial charge in [0.05, 0.1) is 4.34 Å². The summed E-state index contributed by atoms with van der Waals surface area (Å²) < 4.78 is 26.9. The topological polar surface area (TPSA) is 46.2 Å². The molecular weight excluding hydrogens is 254 g/mol. The summed E-state index contributed by atoms with van der Waals surface area (Å²) in [6.45, 7) is 3.88. The normalized spacial score (nSPS) is 14.1. The molecule has 1 unspecified atom stereocenters. The highest BCUT2D eigenvalue weighted by Crippen LogP contribution is 2.25. The molecule has 1 aromatic rings. The molecule has 0 saturated carbocycles. The van der Waals surface area contributed by atoms with E-state index < -0.39 is 10.0 Å². The lowest BCUT2D eigenvalue weighted by atomic mass is 10.2. The van der Waals surface area contributed by atoms with Gasteiger partial charge in [-0.1, -0.05) is 24.9 Å². The third-order valence-electron chi connectivity index (χ3n) is 1.89. The van der Waals surface area contributed by atoms with E-state index in [1.165, 1.54) is 6.07 Å². The fraction of sp³-hybridized carbons (Fsp3) is 0.556. The Kier molecular flexibility index (Phi) is 4.58. The lowest BCUT2D eigenvalue weighted by Gasteiger charge is -2.11. The number of hydrogen-bond acceptors (Lipinski definition) is 3. The van der Waals surface area contributed by atoms with Crippen molar-refractivity contribution >= 4 is 33.0 Å². The van der Waals surface area contributed by atoms with Crippen LogP contribution in [0.15, 0.2) is 16.3 Å². The highest BCUT2D eigenvalue weighted by molar-refractivity contribution is 7.91. The van der Waals surface area contributed by atoms with Gasteiger partial charge in [-0.05, 0) is 25.5 Å². The lowest BCUT2D eigenvalue weighted by Crippen LogP contribution is -2.31. The molecule has 0 aliphatic rings. The second-order valence-corrected chi connectivity index (χ2v) is 7.03. The second-order valence-electron chi connectivity index (χ2n) is 3.37. The first-order valence-electron chi connectivity index (χ1n) is 4.73.